The van der Waals surface area contributed by atoms with Gasteiger partial charge < -0.3 is 4.90 Å². The molecule has 0 fully saturated rings. The minimum Gasteiger partial charge on any atom is -0.310 e. The Morgan fingerprint density at radius 2 is 0.712 bits per heavy atom. The lowest BCUT2D eigenvalue weighted by Crippen LogP contribution is -2.10. The Bertz CT molecular complexity index is 3310. The summed E-state index contributed by atoms with van der Waals surface area (Å²) in [5, 5.41) is 10.1. The highest BCUT2D eigenvalue weighted by molar-refractivity contribution is 6.18. The first-order chi connectivity index (χ1) is 29.2. The molecule has 0 radical (unpaired) electrons. The van der Waals surface area contributed by atoms with Crippen LogP contribution in [0.25, 0.3) is 87.6 Å². The molecule has 0 bridgehead atoms. The molecule has 59 heavy (non-hydrogen) atoms. The Balaban J connectivity index is 1.09. The van der Waals surface area contributed by atoms with Crippen LogP contribution in [0.3, 0.4) is 0 Å². The highest BCUT2D eigenvalue weighted by atomic mass is 15.1. The Labute approximate surface area is 344 Å². The van der Waals surface area contributed by atoms with Crippen LogP contribution in [0, 0.1) is 0 Å². The van der Waals surface area contributed by atoms with Crippen LogP contribution in [-0.4, -0.2) is 0 Å². The molecule has 0 heterocycles. The molecule has 0 aliphatic heterocycles. The normalized spacial score (nSPS) is 11.4. The first-order valence-electron chi connectivity index (χ1n) is 20.3. The lowest BCUT2D eigenvalue weighted by molar-refractivity contribution is 1.28. The summed E-state index contributed by atoms with van der Waals surface area (Å²) < 4.78 is 0. The molecule has 1 heteroatoms. The molecule has 0 aliphatic carbocycles. The third-order valence-electron chi connectivity index (χ3n) is 11.8. The quantitative estimate of drug-likeness (QED) is 0.147. The van der Waals surface area contributed by atoms with Gasteiger partial charge in [0.2, 0.25) is 0 Å². The third-order valence-corrected chi connectivity index (χ3v) is 11.8. The highest BCUT2D eigenvalue weighted by Crippen LogP contribution is 2.43. The fourth-order valence-electron chi connectivity index (χ4n) is 8.94. The van der Waals surface area contributed by atoms with Crippen molar-refractivity contribution >= 4 is 60.2 Å². The van der Waals surface area contributed by atoms with Gasteiger partial charge in [0.1, 0.15) is 0 Å². The van der Waals surface area contributed by atoms with Gasteiger partial charge in [-0.25, -0.2) is 0 Å². The second-order valence-corrected chi connectivity index (χ2v) is 15.3. The molecule has 11 aromatic rings. The van der Waals surface area contributed by atoms with Crippen LogP contribution in [0.5, 0.6) is 0 Å². The molecule has 0 saturated heterocycles. The van der Waals surface area contributed by atoms with Crippen molar-refractivity contribution in [1.82, 2.24) is 0 Å². The van der Waals surface area contributed by atoms with E-state index in [1.165, 1.54) is 87.6 Å². The van der Waals surface area contributed by atoms with Crippen LogP contribution < -0.4 is 4.90 Å². The third kappa shape index (κ3) is 6.30. The van der Waals surface area contributed by atoms with Crippen molar-refractivity contribution < 1.29 is 0 Å². The van der Waals surface area contributed by atoms with E-state index in [1.54, 1.807) is 0 Å². The maximum atomic E-state index is 2.40. The van der Waals surface area contributed by atoms with Crippen molar-refractivity contribution in [2.24, 2.45) is 0 Å². The predicted octanol–water partition coefficient (Wildman–Crippen LogP) is 16.4. The van der Waals surface area contributed by atoms with Gasteiger partial charge in [-0.05, 0) is 130 Å². The molecule has 0 N–H and O–H groups in total. The number of hydrogen-bond acceptors (Lipinski definition) is 1. The molecule has 276 valence electrons. The van der Waals surface area contributed by atoms with Crippen molar-refractivity contribution in [2.45, 2.75) is 0 Å². The zero-order chi connectivity index (χ0) is 39.1. The molecule has 11 rings (SSSR count). The van der Waals surface area contributed by atoms with E-state index in [9.17, 15) is 0 Å². The van der Waals surface area contributed by atoms with Crippen LogP contribution in [0.1, 0.15) is 0 Å². The minimum absolute atomic E-state index is 1.09. The molecule has 0 aromatic heterocycles. The summed E-state index contributed by atoms with van der Waals surface area (Å²) >= 11 is 0. The van der Waals surface area contributed by atoms with E-state index < -0.39 is 0 Å². The van der Waals surface area contributed by atoms with Gasteiger partial charge in [0.25, 0.3) is 0 Å². The minimum atomic E-state index is 1.09. The van der Waals surface area contributed by atoms with Gasteiger partial charge in [-0.1, -0.05) is 194 Å². The molecule has 0 unspecified atom stereocenters. The molecule has 0 saturated carbocycles. The summed E-state index contributed by atoms with van der Waals surface area (Å²) in [7, 11) is 0. The van der Waals surface area contributed by atoms with Crippen LogP contribution >= 0.6 is 0 Å². The van der Waals surface area contributed by atoms with Crippen LogP contribution in [-0.2, 0) is 0 Å². The first kappa shape index (κ1) is 34.5. The molecular weight excluding hydrogens is 711 g/mol. The summed E-state index contributed by atoms with van der Waals surface area (Å²) in [4.78, 5) is 2.40. The topological polar surface area (TPSA) is 3.24 Å². The van der Waals surface area contributed by atoms with Gasteiger partial charge in [0, 0.05) is 17.1 Å². The van der Waals surface area contributed by atoms with Crippen LogP contribution in [0.4, 0.5) is 17.1 Å². The molecule has 0 amide bonds. The largest absolute Gasteiger partial charge is 0.310 e. The summed E-state index contributed by atoms with van der Waals surface area (Å²) in [5.74, 6) is 0. The van der Waals surface area contributed by atoms with Crippen molar-refractivity contribution in [2.75, 3.05) is 4.90 Å². The average molecular weight is 750 g/mol. The average Bonchev–Trinajstić information content (AvgIpc) is 3.32. The van der Waals surface area contributed by atoms with E-state index in [1.807, 2.05) is 0 Å². The van der Waals surface area contributed by atoms with Gasteiger partial charge in [0.05, 0.1) is 0 Å². The molecular formula is C58H39N. The Hall–Kier alpha value is -7.74. The van der Waals surface area contributed by atoms with Gasteiger partial charge >= 0.3 is 0 Å². The summed E-state index contributed by atoms with van der Waals surface area (Å²) in [5.41, 5.74) is 12.8. The molecule has 0 aliphatic rings. The van der Waals surface area contributed by atoms with Crippen molar-refractivity contribution in [1.29, 1.82) is 0 Å². The second kappa shape index (κ2) is 14.6. The molecule has 0 spiro atoms. The second-order valence-electron chi connectivity index (χ2n) is 15.3. The molecule has 0 atom stereocenters. The maximum absolute atomic E-state index is 2.40. The van der Waals surface area contributed by atoms with E-state index in [0.717, 1.165) is 17.1 Å². The highest BCUT2D eigenvalue weighted by Gasteiger charge is 2.18. The summed E-state index contributed by atoms with van der Waals surface area (Å²) in [6.07, 6.45) is 0. The Kier molecular flexibility index (Phi) is 8.56. The van der Waals surface area contributed by atoms with Gasteiger partial charge in [-0.15, -0.1) is 0 Å². The first-order valence-corrected chi connectivity index (χ1v) is 20.3. The number of benzene rings is 11. The van der Waals surface area contributed by atoms with Gasteiger partial charge in [-0.2, -0.15) is 0 Å². The van der Waals surface area contributed by atoms with Crippen LogP contribution in [0.15, 0.2) is 237 Å². The predicted molar refractivity (Wildman–Crippen MR) is 253 cm³/mol. The Morgan fingerprint density at radius 1 is 0.203 bits per heavy atom. The van der Waals surface area contributed by atoms with E-state index in [-0.39, 0.29) is 0 Å². The monoisotopic (exact) mass is 749 g/mol. The van der Waals surface area contributed by atoms with Crippen molar-refractivity contribution in [3.8, 4) is 44.5 Å². The fourth-order valence-corrected chi connectivity index (χ4v) is 8.94. The number of hydrogen-bond donors (Lipinski definition) is 0. The fraction of sp³-hybridized carbons (Fsp3) is 0. The lowest BCUT2D eigenvalue weighted by Gasteiger charge is -2.27. The van der Waals surface area contributed by atoms with E-state index >= 15 is 0 Å². The summed E-state index contributed by atoms with van der Waals surface area (Å²) in [6, 6.07) is 86.3. The van der Waals surface area contributed by atoms with E-state index in [0.29, 0.717) is 0 Å². The van der Waals surface area contributed by atoms with Crippen molar-refractivity contribution in [3.63, 3.8) is 0 Å². The number of fused-ring (bicyclic) bond motifs is 6. The van der Waals surface area contributed by atoms with Crippen molar-refractivity contribution in [3.05, 3.63) is 237 Å². The number of rotatable bonds is 7. The lowest BCUT2D eigenvalue weighted by atomic mass is 9.90. The zero-order valence-corrected chi connectivity index (χ0v) is 32.5. The number of nitrogens with zero attached hydrogens (tertiary/aromatic N) is 1. The molecule has 1 nitrogen and oxygen atoms in total. The smallest absolute Gasteiger partial charge is 0.0468 e. The van der Waals surface area contributed by atoms with Crippen LogP contribution in [0.2, 0.25) is 0 Å². The van der Waals surface area contributed by atoms with E-state index in [4.69, 9.17) is 0 Å². The zero-order valence-electron chi connectivity index (χ0n) is 32.5. The SMILES string of the molecule is c1ccc(-c2ccc(N(c3cccc(-c4cccc5ccccc45)c3)c3ccc(-c4ccc5ccc6c7ccccc7ccc6c5c4)c(-c4ccccc4)c3)cc2)cc1. The summed E-state index contributed by atoms with van der Waals surface area (Å²) in [6.45, 7) is 0. The van der Waals surface area contributed by atoms with Gasteiger partial charge in [-0.3, -0.25) is 0 Å². The van der Waals surface area contributed by atoms with Gasteiger partial charge in [0.15, 0.2) is 0 Å². The van der Waals surface area contributed by atoms with E-state index in [2.05, 4.69) is 241 Å². The number of anilines is 3. The standard InChI is InChI=1S/C58H39N/c1-3-13-40(14-4-1)41-27-31-48(32-28-41)59(49-21-11-20-46(37-49)53-24-12-19-42-17-7-9-22-51(42)53)50-33-36-54(58(39-50)43-15-5-2-6-16-43)47-26-25-45-30-34-55-52-23-10-8-18-44(52)29-35-56(55)57(45)38-47/h1-39H. The maximum Gasteiger partial charge on any atom is 0.0468 e. The Morgan fingerprint density at radius 3 is 1.49 bits per heavy atom. The molecule has 11 aromatic carbocycles.